The topological polar surface area (TPSA) is 130 Å². The molecule has 14 heteroatoms. The molecule has 0 spiro atoms. The summed E-state index contributed by atoms with van der Waals surface area (Å²) >= 11 is 0. The number of hydrogen-bond acceptors (Lipinski definition) is 10. The average Bonchev–Trinajstić information content (AvgIpc) is 3.77. The molecule has 0 radical (unpaired) electrons. The summed E-state index contributed by atoms with van der Waals surface area (Å²) in [6.07, 6.45) is 10.9. The van der Waals surface area contributed by atoms with Gasteiger partial charge < -0.3 is 29.3 Å². The number of alkyl halides is 1. The molecule has 3 fully saturated rings. The average molecular weight is 848 g/mol. The minimum absolute atomic E-state index is 0.143. The summed E-state index contributed by atoms with van der Waals surface area (Å²) in [4.78, 5) is 62.2. The van der Waals surface area contributed by atoms with E-state index in [4.69, 9.17) is 14.7 Å². The van der Waals surface area contributed by atoms with Crippen LogP contribution in [0, 0.1) is 5.92 Å². The van der Waals surface area contributed by atoms with Crippen LogP contribution in [0.2, 0.25) is 0 Å². The van der Waals surface area contributed by atoms with Crippen molar-refractivity contribution in [3.63, 3.8) is 0 Å². The molecule has 13 nitrogen and oxygen atoms in total. The van der Waals surface area contributed by atoms with Gasteiger partial charge in [-0.2, -0.15) is 0 Å². The van der Waals surface area contributed by atoms with E-state index < -0.39 is 11.7 Å². The largest absolute Gasteiger partial charge is 0.378 e. The number of rotatable bonds is 9. The summed E-state index contributed by atoms with van der Waals surface area (Å²) in [6.45, 7) is 14.1. The van der Waals surface area contributed by atoms with Crippen LogP contribution in [-0.2, 0) is 27.3 Å². The Hall–Kier alpha value is -4.92. The van der Waals surface area contributed by atoms with Crippen LogP contribution in [0.4, 0.5) is 16.0 Å². The highest BCUT2D eigenvalue weighted by molar-refractivity contribution is 6.05. The molecular formula is C48H62FN9O4. The Kier molecular flexibility index (Phi) is 12.3. The van der Waals surface area contributed by atoms with Gasteiger partial charge in [0.15, 0.2) is 0 Å². The number of carbonyl (C=O) groups excluding carboxylic acids is 3. The molecule has 1 unspecified atom stereocenters. The van der Waals surface area contributed by atoms with Gasteiger partial charge in [0, 0.05) is 104 Å². The number of amides is 3. The molecule has 4 aromatic rings. The monoisotopic (exact) mass is 847 g/mol. The standard InChI is InChI=1S/C48H62FN9O4/c1-32-26-39-38-8-4-5-9-40(38)52-43(39)44(58(32)31-48(2,3)49)35-28-50-47(51-29-35)56-20-15-33(16-21-56)14-19-54-17-6-7-18-55(23-25-62-24-22-54)36-10-11-37-34(27-36)30-57(46(37)61)41-12-13-42(59)53-45(41)60/h4-5,8-11,27-29,32-33,41,44,52H,6-7,12-26,30-31H2,1-3H3,(H,53,59,60)/t32-,41?,44-/m1/s1. The summed E-state index contributed by atoms with van der Waals surface area (Å²) in [6, 6.07) is 13.9. The molecule has 330 valence electrons. The second-order valence-electron chi connectivity index (χ2n) is 18.8. The van der Waals surface area contributed by atoms with E-state index in [1.54, 1.807) is 18.7 Å². The first-order chi connectivity index (χ1) is 30.0. The molecule has 0 bridgehead atoms. The van der Waals surface area contributed by atoms with E-state index in [9.17, 15) is 14.4 Å². The number of ether oxygens (including phenoxy) is 1. The van der Waals surface area contributed by atoms with Crippen LogP contribution in [0.5, 0.6) is 0 Å². The molecule has 3 atom stereocenters. The lowest BCUT2D eigenvalue weighted by Gasteiger charge is -2.42. The van der Waals surface area contributed by atoms with Crippen LogP contribution in [0.3, 0.4) is 0 Å². The number of hydrogen-bond donors (Lipinski definition) is 2. The van der Waals surface area contributed by atoms with Gasteiger partial charge in [-0.1, -0.05) is 18.2 Å². The van der Waals surface area contributed by atoms with Crippen molar-refractivity contribution in [3.8, 4) is 0 Å². The lowest BCUT2D eigenvalue weighted by atomic mass is 9.88. The minimum atomic E-state index is -1.34. The number of nitrogens with zero attached hydrogens (tertiary/aromatic N) is 7. The number of benzene rings is 2. The fourth-order valence-electron chi connectivity index (χ4n) is 10.5. The fourth-order valence-corrected chi connectivity index (χ4v) is 10.5. The number of carbonyl (C=O) groups is 3. The van der Waals surface area contributed by atoms with Gasteiger partial charge in [-0.25, -0.2) is 14.4 Å². The van der Waals surface area contributed by atoms with Crippen LogP contribution in [0.1, 0.15) is 105 Å². The van der Waals surface area contributed by atoms with E-state index in [0.29, 0.717) is 44.2 Å². The smallest absolute Gasteiger partial charge is 0.255 e. The Morgan fingerprint density at radius 2 is 1.68 bits per heavy atom. The Labute approximate surface area is 364 Å². The third-order valence-corrected chi connectivity index (χ3v) is 13.9. The molecule has 5 aliphatic rings. The summed E-state index contributed by atoms with van der Waals surface area (Å²) in [5, 5.41) is 3.63. The summed E-state index contributed by atoms with van der Waals surface area (Å²) in [5.41, 5.74) is 5.82. The number of fused-ring (bicyclic) bond motifs is 4. The first kappa shape index (κ1) is 42.4. The normalized spacial score (nSPS) is 24.0. The maximum Gasteiger partial charge on any atom is 0.255 e. The van der Waals surface area contributed by atoms with E-state index in [1.165, 1.54) is 10.9 Å². The lowest BCUT2D eigenvalue weighted by Crippen LogP contribution is -2.52. The van der Waals surface area contributed by atoms with E-state index in [-0.39, 0.29) is 36.2 Å². The Morgan fingerprint density at radius 1 is 0.903 bits per heavy atom. The van der Waals surface area contributed by atoms with Gasteiger partial charge in [-0.05, 0) is 120 Å². The second-order valence-corrected chi connectivity index (χ2v) is 18.8. The van der Waals surface area contributed by atoms with Crippen LogP contribution < -0.4 is 15.1 Å². The molecule has 3 amide bonds. The van der Waals surface area contributed by atoms with Crippen molar-refractivity contribution in [1.29, 1.82) is 0 Å². The van der Waals surface area contributed by atoms with Crippen LogP contribution in [0.15, 0.2) is 54.9 Å². The molecule has 3 saturated heterocycles. The number of para-hydroxylation sites is 1. The fraction of sp³-hybridized carbons (Fsp3) is 0.562. The third-order valence-electron chi connectivity index (χ3n) is 13.9. The predicted molar refractivity (Wildman–Crippen MR) is 238 cm³/mol. The van der Waals surface area contributed by atoms with Gasteiger partial charge in [-0.15, -0.1) is 0 Å². The number of imide groups is 1. The summed E-state index contributed by atoms with van der Waals surface area (Å²) in [7, 11) is 0. The van der Waals surface area contributed by atoms with E-state index >= 15 is 4.39 Å². The number of nitrogens with one attached hydrogen (secondary N) is 2. The number of aromatic amines is 1. The second kappa shape index (κ2) is 18.1. The van der Waals surface area contributed by atoms with Crippen LogP contribution in [-0.4, -0.2) is 131 Å². The zero-order chi connectivity index (χ0) is 43.0. The molecular weight excluding hydrogens is 786 g/mol. The Balaban J connectivity index is 0.759. The minimum Gasteiger partial charge on any atom is -0.378 e. The van der Waals surface area contributed by atoms with E-state index in [2.05, 4.69) is 67.2 Å². The number of aromatic nitrogens is 3. The number of anilines is 2. The van der Waals surface area contributed by atoms with Crippen molar-refractivity contribution in [2.75, 3.05) is 75.4 Å². The van der Waals surface area contributed by atoms with Crippen molar-refractivity contribution in [2.45, 2.75) is 102 Å². The van der Waals surface area contributed by atoms with Crippen LogP contribution in [0.25, 0.3) is 10.9 Å². The Bertz CT molecular complexity index is 2250. The first-order valence-corrected chi connectivity index (χ1v) is 22.9. The van der Waals surface area contributed by atoms with E-state index in [0.717, 1.165) is 118 Å². The number of H-pyrrole nitrogens is 1. The molecule has 62 heavy (non-hydrogen) atoms. The number of piperidine rings is 2. The highest BCUT2D eigenvalue weighted by Crippen LogP contribution is 2.42. The van der Waals surface area contributed by atoms with Gasteiger partial charge >= 0.3 is 0 Å². The van der Waals surface area contributed by atoms with Crippen molar-refractivity contribution >= 4 is 40.3 Å². The lowest BCUT2D eigenvalue weighted by molar-refractivity contribution is -0.136. The van der Waals surface area contributed by atoms with Crippen molar-refractivity contribution < 1.29 is 23.5 Å². The highest BCUT2D eigenvalue weighted by atomic mass is 19.1. The zero-order valence-corrected chi connectivity index (χ0v) is 36.6. The maximum absolute atomic E-state index is 15.2. The number of halogens is 1. The molecule has 7 heterocycles. The molecule has 0 saturated carbocycles. The molecule has 2 N–H and O–H groups in total. The third kappa shape index (κ3) is 9.10. The zero-order valence-electron chi connectivity index (χ0n) is 36.6. The summed E-state index contributed by atoms with van der Waals surface area (Å²) in [5.74, 6) is 0.614. The molecule has 2 aromatic heterocycles. The van der Waals surface area contributed by atoms with E-state index in [1.807, 2.05) is 24.5 Å². The Morgan fingerprint density at radius 3 is 2.47 bits per heavy atom. The van der Waals surface area contributed by atoms with Gasteiger partial charge in [0.2, 0.25) is 17.8 Å². The molecule has 2 aromatic carbocycles. The SMILES string of the molecule is C[C@@H]1Cc2c([nH]c3ccccc23)[C@@H](c2cnc(N3CCC(CCN4CCCCN(c5ccc6c(c5)CN(C5CCC(=O)NC5=O)C6=O)CCOCC4)CC3)nc2)N1CC(C)(C)F. The molecule has 5 aliphatic heterocycles. The van der Waals surface area contributed by atoms with Gasteiger partial charge in [0.25, 0.3) is 5.91 Å². The van der Waals surface area contributed by atoms with Crippen molar-refractivity contribution in [2.24, 2.45) is 5.92 Å². The maximum atomic E-state index is 15.2. The highest BCUT2D eigenvalue weighted by Gasteiger charge is 2.41. The van der Waals surface area contributed by atoms with Crippen molar-refractivity contribution in [3.05, 3.63) is 82.8 Å². The predicted octanol–water partition coefficient (Wildman–Crippen LogP) is 6.03. The van der Waals surface area contributed by atoms with Crippen LogP contribution >= 0.6 is 0 Å². The summed E-state index contributed by atoms with van der Waals surface area (Å²) < 4.78 is 21.4. The quantitative estimate of drug-likeness (QED) is 0.193. The molecule has 9 rings (SSSR count). The first-order valence-electron chi connectivity index (χ1n) is 22.9. The van der Waals surface area contributed by atoms with Gasteiger partial charge in [0.05, 0.1) is 19.3 Å². The van der Waals surface area contributed by atoms with Crippen molar-refractivity contribution in [1.82, 2.24) is 35.0 Å². The molecule has 0 aliphatic carbocycles. The van der Waals surface area contributed by atoms with Gasteiger partial charge in [0.1, 0.15) is 11.7 Å². The van der Waals surface area contributed by atoms with Gasteiger partial charge in [-0.3, -0.25) is 24.6 Å².